The number of benzene rings is 4. The molecular formula is C29H27N3O3S. The first-order chi connectivity index (χ1) is 17.3. The minimum Gasteiger partial charge on any atom is -0.267 e. The number of carbonyl (C=O) groups excluding carboxylic acids is 1. The number of carbonyl (C=O) groups is 1. The quantitative estimate of drug-likeness (QED) is 0.289. The molecule has 0 saturated carbocycles. The van der Waals surface area contributed by atoms with Crippen LogP contribution in [0, 0.1) is 6.92 Å². The molecule has 0 unspecified atom stereocenters. The van der Waals surface area contributed by atoms with Crippen LogP contribution in [0.4, 0.5) is 5.69 Å². The van der Waals surface area contributed by atoms with E-state index in [0.717, 1.165) is 34.9 Å². The zero-order valence-electron chi connectivity index (χ0n) is 20.2. The third-order valence-electron chi connectivity index (χ3n) is 6.54. The Bertz CT molecular complexity index is 1560. The van der Waals surface area contributed by atoms with Gasteiger partial charge >= 0.3 is 0 Å². The molecule has 0 aliphatic heterocycles. The largest absolute Gasteiger partial charge is 0.271 e. The van der Waals surface area contributed by atoms with Crippen LogP contribution in [-0.4, -0.2) is 26.8 Å². The molecule has 0 saturated heterocycles. The van der Waals surface area contributed by atoms with Crippen molar-refractivity contribution in [3.05, 3.63) is 112 Å². The summed E-state index contributed by atoms with van der Waals surface area (Å²) in [7, 11) is -3.51. The molecule has 0 bridgehead atoms. The average molecular weight is 498 g/mol. The fraction of sp³-hybridized carbons (Fsp3) is 0.172. The topological polar surface area (TPSA) is 78.8 Å². The molecule has 4 aromatic rings. The maximum absolute atomic E-state index is 12.7. The van der Waals surface area contributed by atoms with E-state index in [2.05, 4.69) is 34.8 Å². The standard InChI is InChI=1S/C29H27N3O3S/c1-20-6-8-21(9-7-20)19-32(36(2,34)35)26-16-14-24(15-17-26)29(33)31-30-18-25-13-12-23-11-10-22-4-3-5-27(25)28(22)23/h3-9,12-18H,10-11,19H2,1-2H3,(H,31,33)/b30-18-. The van der Waals surface area contributed by atoms with Crippen LogP contribution in [0.2, 0.25) is 0 Å². The monoisotopic (exact) mass is 497 g/mol. The number of nitrogens with zero attached hydrogens (tertiary/aromatic N) is 2. The lowest BCUT2D eigenvalue weighted by Crippen LogP contribution is -2.29. The van der Waals surface area contributed by atoms with E-state index in [1.165, 1.54) is 27.1 Å². The van der Waals surface area contributed by atoms with Gasteiger partial charge in [0.1, 0.15) is 0 Å². The van der Waals surface area contributed by atoms with Crippen molar-refractivity contribution >= 4 is 38.6 Å². The number of aryl methyl sites for hydroxylation is 3. The molecule has 4 aromatic carbocycles. The molecule has 36 heavy (non-hydrogen) atoms. The SMILES string of the molecule is Cc1ccc(CN(c2ccc(C(=O)N/N=C\c3ccc4c5c(cccc35)CC4)cc2)S(C)(=O)=O)cc1. The second kappa shape index (κ2) is 9.59. The first-order valence-corrected chi connectivity index (χ1v) is 13.6. The highest BCUT2D eigenvalue weighted by atomic mass is 32.2. The van der Waals surface area contributed by atoms with Crippen molar-refractivity contribution in [1.82, 2.24) is 5.43 Å². The van der Waals surface area contributed by atoms with Gasteiger partial charge in [-0.05, 0) is 71.5 Å². The summed E-state index contributed by atoms with van der Waals surface area (Å²) >= 11 is 0. The molecule has 1 aliphatic carbocycles. The fourth-order valence-electron chi connectivity index (χ4n) is 4.65. The van der Waals surface area contributed by atoms with Crippen molar-refractivity contribution in [2.24, 2.45) is 5.10 Å². The predicted octanol–water partition coefficient (Wildman–Crippen LogP) is 4.98. The van der Waals surface area contributed by atoms with Gasteiger partial charge in [-0.2, -0.15) is 5.10 Å². The molecular weight excluding hydrogens is 470 g/mol. The van der Waals surface area contributed by atoms with E-state index in [4.69, 9.17) is 0 Å². The molecule has 1 aliphatic rings. The van der Waals surface area contributed by atoms with Gasteiger partial charge in [-0.3, -0.25) is 9.10 Å². The van der Waals surface area contributed by atoms with Gasteiger partial charge < -0.3 is 0 Å². The molecule has 6 nitrogen and oxygen atoms in total. The Morgan fingerprint density at radius 2 is 1.64 bits per heavy atom. The first-order valence-electron chi connectivity index (χ1n) is 11.8. The number of amides is 1. The molecule has 1 amide bonds. The van der Waals surface area contributed by atoms with Gasteiger partial charge in [-0.15, -0.1) is 0 Å². The van der Waals surface area contributed by atoms with Gasteiger partial charge in [-0.25, -0.2) is 13.8 Å². The Labute approximate surface area is 211 Å². The van der Waals surface area contributed by atoms with Gasteiger partial charge in [0.05, 0.1) is 24.7 Å². The summed E-state index contributed by atoms with van der Waals surface area (Å²) in [6, 6.07) is 24.7. The van der Waals surface area contributed by atoms with Crippen LogP contribution in [0.25, 0.3) is 10.8 Å². The van der Waals surface area contributed by atoms with Crippen molar-refractivity contribution in [3.63, 3.8) is 0 Å². The molecule has 0 aromatic heterocycles. The Kier molecular flexibility index (Phi) is 6.33. The fourth-order valence-corrected chi connectivity index (χ4v) is 5.53. The lowest BCUT2D eigenvalue weighted by molar-refractivity contribution is 0.0955. The van der Waals surface area contributed by atoms with Crippen molar-refractivity contribution in [1.29, 1.82) is 0 Å². The number of hydrogen-bond acceptors (Lipinski definition) is 4. The number of nitrogens with one attached hydrogen (secondary N) is 1. The van der Waals surface area contributed by atoms with Crippen molar-refractivity contribution in [3.8, 4) is 0 Å². The maximum Gasteiger partial charge on any atom is 0.271 e. The molecule has 5 rings (SSSR count). The summed E-state index contributed by atoms with van der Waals surface area (Å²) < 4.78 is 26.3. The summed E-state index contributed by atoms with van der Waals surface area (Å²) in [5.74, 6) is -0.367. The molecule has 0 heterocycles. The van der Waals surface area contributed by atoms with Crippen LogP contribution in [0.5, 0.6) is 0 Å². The minimum absolute atomic E-state index is 0.212. The average Bonchev–Trinajstić information content (AvgIpc) is 3.29. The second-order valence-corrected chi connectivity index (χ2v) is 11.1. The lowest BCUT2D eigenvalue weighted by atomic mass is 10.0. The van der Waals surface area contributed by atoms with Crippen LogP contribution < -0.4 is 9.73 Å². The van der Waals surface area contributed by atoms with Crippen LogP contribution in [0.1, 0.15) is 38.2 Å². The Morgan fingerprint density at radius 1 is 0.944 bits per heavy atom. The molecule has 182 valence electrons. The third-order valence-corrected chi connectivity index (χ3v) is 7.69. The van der Waals surface area contributed by atoms with E-state index < -0.39 is 10.0 Å². The van der Waals surface area contributed by atoms with Gasteiger partial charge in [0.15, 0.2) is 0 Å². The van der Waals surface area contributed by atoms with Gasteiger partial charge in [0, 0.05) is 11.1 Å². The summed E-state index contributed by atoms with van der Waals surface area (Å²) in [5, 5.41) is 6.61. The zero-order chi connectivity index (χ0) is 25.3. The first kappa shape index (κ1) is 23.8. The summed E-state index contributed by atoms with van der Waals surface area (Å²) in [6.07, 6.45) is 4.96. The van der Waals surface area contributed by atoms with E-state index in [1.807, 2.05) is 37.3 Å². The van der Waals surface area contributed by atoms with E-state index in [9.17, 15) is 13.2 Å². The highest BCUT2D eigenvalue weighted by molar-refractivity contribution is 7.92. The summed E-state index contributed by atoms with van der Waals surface area (Å²) in [4.78, 5) is 12.7. The highest BCUT2D eigenvalue weighted by Gasteiger charge is 2.19. The van der Waals surface area contributed by atoms with Crippen LogP contribution >= 0.6 is 0 Å². The smallest absolute Gasteiger partial charge is 0.267 e. The van der Waals surface area contributed by atoms with Gasteiger partial charge in [0.25, 0.3) is 5.91 Å². The van der Waals surface area contributed by atoms with Crippen molar-refractivity contribution in [2.75, 3.05) is 10.6 Å². The van der Waals surface area contributed by atoms with Crippen molar-refractivity contribution in [2.45, 2.75) is 26.3 Å². The van der Waals surface area contributed by atoms with Crippen LogP contribution in [-0.2, 0) is 29.4 Å². The summed E-state index contributed by atoms with van der Waals surface area (Å²) in [6.45, 7) is 2.20. The third kappa shape index (κ3) is 4.88. The molecule has 0 spiro atoms. The Hall–Kier alpha value is -3.97. The van der Waals surface area contributed by atoms with E-state index in [0.29, 0.717) is 11.3 Å². The van der Waals surface area contributed by atoms with Crippen molar-refractivity contribution < 1.29 is 13.2 Å². The molecule has 0 fully saturated rings. The molecule has 0 atom stereocenters. The van der Waals surface area contributed by atoms with E-state index >= 15 is 0 Å². The normalized spacial score (nSPS) is 12.8. The van der Waals surface area contributed by atoms with E-state index in [-0.39, 0.29) is 12.5 Å². The molecule has 7 heteroatoms. The molecule has 0 radical (unpaired) electrons. The predicted molar refractivity (Wildman–Crippen MR) is 145 cm³/mol. The second-order valence-electron chi connectivity index (χ2n) is 9.15. The number of anilines is 1. The highest BCUT2D eigenvalue weighted by Crippen LogP contribution is 2.32. The maximum atomic E-state index is 12.7. The summed E-state index contributed by atoms with van der Waals surface area (Å²) in [5.41, 5.74) is 9.11. The zero-order valence-corrected chi connectivity index (χ0v) is 21.0. The lowest BCUT2D eigenvalue weighted by Gasteiger charge is -2.22. The minimum atomic E-state index is -3.51. The van der Waals surface area contributed by atoms with Crippen LogP contribution in [0.15, 0.2) is 84.0 Å². The number of hydrazone groups is 1. The van der Waals surface area contributed by atoms with Gasteiger partial charge in [-0.1, -0.05) is 60.2 Å². The Balaban J connectivity index is 1.30. The number of rotatable bonds is 7. The number of sulfonamides is 1. The van der Waals surface area contributed by atoms with Crippen LogP contribution in [0.3, 0.4) is 0 Å². The van der Waals surface area contributed by atoms with E-state index in [1.54, 1.807) is 30.5 Å². The number of hydrogen-bond donors (Lipinski definition) is 1. The Morgan fingerprint density at radius 3 is 2.33 bits per heavy atom. The molecule has 1 N–H and O–H groups in total. The van der Waals surface area contributed by atoms with Gasteiger partial charge in [0.2, 0.25) is 10.0 Å².